The number of ether oxygens (including phenoxy) is 2. The van der Waals surface area contributed by atoms with E-state index in [1.807, 2.05) is 37.8 Å². The first-order chi connectivity index (χ1) is 17.5. The van der Waals surface area contributed by atoms with Gasteiger partial charge in [0.15, 0.2) is 0 Å². The number of rotatable bonds is 12. The van der Waals surface area contributed by atoms with Gasteiger partial charge in [0.25, 0.3) is 0 Å². The number of aliphatic hydroxyl groups excluding tert-OH is 1. The normalized spacial score (nSPS) is 12.6. The average molecular weight is 540 g/mol. The van der Waals surface area contributed by atoms with Crippen molar-refractivity contribution in [1.82, 2.24) is 0 Å². The zero-order valence-corrected chi connectivity index (χ0v) is 21.6. The van der Waals surface area contributed by atoms with Crippen molar-refractivity contribution >= 4 is 17.3 Å². The Morgan fingerprint density at radius 2 is 1.62 bits per heavy atom. The first kappa shape index (κ1) is 28.6. The summed E-state index contributed by atoms with van der Waals surface area (Å²) in [7, 11) is 0. The number of alkyl halides is 4. The third-order valence-corrected chi connectivity index (χ3v) is 6.14. The van der Waals surface area contributed by atoms with Gasteiger partial charge in [0.2, 0.25) is 0 Å². The number of halogens is 5. The number of aryl methyl sites for hydroxylation is 1. The van der Waals surface area contributed by atoms with Crippen molar-refractivity contribution in [3.63, 3.8) is 0 Å². The summed E-state index contributed by atoms with van der Waals surface area (Å²) < 4.78 is 62.3. The fourth-order valence-corrected chi connectivity index (χ4v) is 3.84. The highest BCUT2D eigenvalue weighted by Crippen LogP contribution is 2.31. The van der Waals surface area contributed by atoms with Crippen molar-refractivity contribution in [2.45, 2.75) is 52.4 Å². The van der Waals surface area contributed by atoms with E-state index < -0.39 is 18.6 Å². The topological polar surface area (TPSA) is 41.9 Å². The Hall–Kier alpha value is -2.97. The van der Waals surface area contributed by atoms with Gasteiger partial charge >= 0.3 is 12.5 Å². The molecule has 0 saturated carbocycles. The van der Waals surface area contributed by atoms with E-state index in [4.69, 9.17) is 16.3 Å². The van der Waals surface area contributed by atoms with Crippen LogP contribution in [-0.4, -0.2) is 30.3 Å². The van der Waals surface area contributed by atoms with Crippen molar-refractivity contribution in [2.24, 2.45) is 5.92 Å². The zero-order chi connectivity index (χ0) is 27.2. The number of hydrogen-bond acceptors (Lipinski definition) is 4. The zero-order valence-electron chi connectivity index (χ0n) is 20.8. The second-order valence-electron chi connectivity index (χ2n) is 9.01. The van der Waals surface area contributed by atoms with Gasteiger partial charge in [-0.1, -0.05) is 50.6 Å². The van der Waals surface area contributed by atoms with E-state index in [1.165, 1.54) is 18.2 Å². The van der Waals surface area contributed by atoms with E-state index in [0.717, 1.165) is 12.0 Å². The minimum absolute atomic E-state index is 0.0390. The van der Waals surface area contributed by atoms with E-state index in [2.05, 4.69) is 4.74 Å². The predicted molar refractivity (Wildman–Crippen MR) is 137 cm³/mol. The summed E-state index contributed by atoms with van der Waals surface area (Å²) in [6.45, 7) is 6.20. The summed E-state index contributed by atoms with van der Waals surface area (Å²) in [5.41, 5.74) is 2.21. The molecule has 3 aromatic carbocycles. The van der Waals surface area contributed by atoms with Crippen LogP contribution in [0.25, 0.3) is 0 Å². The van der Waals surface area contributed by atoms with Gasteiger partial charge in [0.1, 0.15) is 17.2 Å². The summed E-state index contributed by atoms with van der Waals surface area (Å²) in [6.07, 6.45) is -8.48. The lowest BCUT2D eigenvalue weighted by molar-refractivity contribution is -0.253. The highest BCUT2D eigenvalue weighted by Gasteiger charge is 2.44. The van der Waals surface area contributed by atoms with Crippen LogP contribution in [-0.2, 0) is 13.0 Å². The largest absolute Gasteiger partial charge is 0.461 e. The van der Waals surface area contributed by atoms with Crippen molar-refractivity contribution < 1.29 is 32.1 Å². The summed E-state index contributed by atoms with van der Waals surface area (Å²) in [4.78, 5) is 1.86. The molecule has 0 aliphatic rings. The summed E-state index contributed by atoms with van der Waals surface area (Å²) in [5.74, 6) is 0.762. The van der Waals surface area contributed by atoms with Gasteiger partial charge in [0, 0.05) is 29.9 Å². The standard InChI is InChI=1S/C28H30ClF4NO3/c1-4-20-14-23(11-12-25(20)29)36-22-9-6-8-21(15-22)34(17-26(35)18(2)3)16-19-7-5-10-24(13-19)37-28(32,33)27(30)31/h5-15,18,26-27,35H,4,16-17H2,1-3H3. The molecule has 200 valence electrons. The van der Waals surface area contributed by atoms with E-state index in [-0.39, 0.29) is 24.8 Å². The molecule has 0 amide bonds. The van der Waals surface area contributed by atoms with Crippen LogP contribution in [0.5, 0.6) is 17.2 Å². The molecular weight excluding hydrogens is 510 g/mol. The lowest BCUT2D eigenvalue weighted by Crippen LogP contribution is -2.35. The van der Waals surface area contributed by atoms with Gasteiger partial charge in [-0.3, -0.25) is 0 Å². The van der Waals surface area contributed by atoms with Gasteiger partial charge in [-0.25, -0.2) is 0 Å². The smallest absolute Gasteiger partial charge is 0.457 e. The third-order valence-electron chi connectivity index (χ3n) is 5.77. The molecule has 1 atom stereocenters. The highest BCUT2D eigenvalue weighted by molar-refractivity contribution is 6.31. The SMILES string of the molecule is CCc1cc(Oc2cccc(N(Cc3cccc(OC(F)(F)C(F)F)c3)CC(O)C(C)C)c2)ccc1Cl. The molecule has 4 nitrogen and oxygen atoms in total. The first-order valence-electron chi connectivity index (χ1n) is 11.9. The maximum atomic E-state index is 13.4. The van der Waals surface area contributed by atoms with Crippen LogP contribution in [0.1, 0.15) is 31.9 Å². The predicted octanol–water partition coefficient (Wildman–Crippen LogP) is 7.95. The van der Waals surface area contributed by atoms with E-state index in [9.17, 15) is 22.7 Å². The van der Waals surface area contributed by atoms with Crippen molar-refractivity contribution in [3.8, 4) is 17.2 Å². The quantitative estimate of drug-likeness (QED) is 0.237. The second-order valence-corrected chi connectivity index (χ2v) is 9.42. The Bertz CT molecular complexity index is 1180. The van der Waals surface area contributed by atoms with Crippen LogP contribution in [0.3, 0.4) is 0 Å². The molecule has 0 aromatic heterocycles. The molecule has 0 radical (unpaired) electrons. The van der Waals surface area contributed by atoms with Gasteiger partial charge in [-0.2, -0.15) is 17.6 Å². The third kappa shape index (κ3) is 8.01. The molecule has 9 heteroatoms. The maximum absolute atomic E-state index is 13.4. The first-order valence-corrected chi connectivity index (χ1v) is 12.3. The Morgan fingerprint density at radius 3 is 2.30 bits per heavy atom. The van der Waals surface area contributed by atoms with Crippen molar-refractivity contribution in [1.29, 1.82) is 0 Å². The van der Waals surface area contributed by atoms with Crippen LogP contribution in [0.15, 0.2) is 66.7 Å². The van der Waals surface area contributed by atoms with Gasteiger partial charge in [-0.15, -0.1) is 0 Å². The number of nitrogens with zero attached hydrogens (tertiary/aromatic N) is 1. The van der Waals surface area contributed by atoms with Gasteiger partial charge in [0.05, 0.1) is 6.10 Å². The molecule has 0 aliphatic carbocycles. The average Bonchev–Trinajstić information content (AvgIpc) is 2.84. The second kappa shape index (κ2) is 12.5. The van der Waals surface area contributed by atoms with Crippen LogP contribution in [0.4, 0.5) is 23.2 Å². The molecule has 0 fully saturated rings. The molecule has 0 saturated heterocycles. The molecular formula is C28H30ClF4NO3. The lowest BCUT2D eigenvalue weighted by Gasteiger charge is -2.29. The molecule has 3 aromatic rings. The molecule has 3 rings (SSSR count). The number of aliphatic hydroxyl groups is 1. The minimum Gasteiger partial charge on any atom is -0.457 e. The van der Waals surface area contributed by atoms with E-state index in [0.29, 0.717) is 27.8 Å². The van der Waals surface area contributed by atoms with Crippen molar-refractivity contribution in [2.75, 3.05) is 11.4 Å². The van der Waals surface area contributed by atoms with Crippen LogP contribution in [0.2, 0.25) is 5.02 Å². The molecule has 0 bridgehead atoms. The maximum Gasteiger partial charge on any atom is 0.461 e. The minimum atomic E-state index is -4.60. The molecule has 0 spiro atoms. The Kier molecular flexibility index (Phi) is 9.68. The molecule has 0 aliphatic heterocycles. The lowest BCUT2D eigenvalue weighted by atomic mass is 10.1. The Labute approximate surface area is 219 Å². The summed E-state index contributed by atoms with van der Waals surface area (Å²) in [6, 6.07) is 18.3. The molecule has 1 unspecified atom stereocenters. The fraction of sp³-hybridized carbons (Fsp3) is 0.357. The highest BCUT2D eigenvalue weighted by atomic mass is 35.5. The number of anilines is 1. The van der Waals surface area contributed by atoms with E-state index >= 15 is 0 Å². The molecule has 1 N–H and O–H groups in total. The number of hydrogen-bond donors (Lipinski definition) is 1. The fourth-order valence-electron chi connectivity index (χ4n) is 3.59. The Morgan fingerprint density at radius 1 is 0.946 bits per heavy atom. The van der Waals surface area contributed by atoms with Gasteiger partial charge in [-0.05, 0) is 65.9 Å². The van der Waals surface area contributed by atoms with Crippen molar-refractivity contribution in [3.05, 3.63) is 82.9 Å². The molecule has 37 heavy (non-hydrogen) atoms. The Balaban J connectivity index is 1.87. The monoisotopic (exact) mass is 539 g/mol. The number of benzene rings is 3. The summed E-state index contributed by atoms with van der Waals surface area (Å²) in [5, 5.41) is 11.3. The van der Waals surface area contributed by atoms with Crippen LogP contribution >= 0.6 is 11.6 Å². The molecule has 0 heterocycles. The van der Waals surface area contributed by atoms with Gasteiger partial charge < -0.3 is 19.5 Å². The van der Waals surface area contributed by atoms with Crippen LogP contribution in [0, 0.1) is 5.92 Å². The summed E-state index contributed by atoms with van der Waals surface area (Å²) >= 11 is 6.21. The van der Waals surface area contributed by atoms with Crippen LogP contribution < -0.4 is 14.4 Å². The van der Waals surface area contributed by atoms with E-state index in [1.54, 1.807) is 36.4 Å².